The first-order chi connectivity index (χ1) is 8.83. The molecule has 1 fully saturated rings. The predicted molar refractivity (Wildman–Crippen MR) is 73.7 cm³/mol. The first-order valence-corrected chi connectivity index (χ1v) is 6.83. The molecule has 1 aliphatic heterocycles. The van der Waals surface area contributed by atoms with Crippen LogP contribution in [0.1, 0.15) is 36.0 Å². The van der Waals surface area contributed by atoms with Crippen LogP contribution >= 0.6 is 0 Å². The smallest absolute Gasteiger partial charge is 0.254 e. The van der Waals surface area contributed by atoms with Gasteiger partial charge < -0.3 is 10.2 Å². The number of hydrogen-bond donors (Lipinski definition) is 1. The maximum absolute atomic E-state index is 12.5. The second-order valence-corrected chi connectivity index (χ2v) is 4.91. The number of piperidine rings is 1. The number of hydrogen-bond acceptors (Lipinski definition) is 2. The Bertz CT molecular complexity index is 377. The third kappa shape index (κ3) is 3.10. The van der Waals surface area contributed by atoms with E-state index >= 15 is 0 Å². The van der Waals surface area contributed by atoms with Gasteiger partial charge in [0, 0.05) is 18.2 Å². The Morgan fingerprint density at radius 1 is 1.33 bits per heavy atom. The molecule has 1 amide bonds. The fourth-order valence-electron chi connectivity index (χ4n) is 2.63. The largest absolute Gasteiger partial charge is 0.336 e. The summed E-state index contributed by atoms with van der Waals surface area (Å²) in [6.07, 6.45) is 4.57. The van der Waals surface area contributed by atoms with Gasteiger partial charge in [-0.3, -0.25) is 4.79 Å². The molecule has 0 saturated carbocycles. The topological polar surface area (TPSA) is 32.3 Å². The van der Waals surface area contributed by atoms with E-state index in [9.17, 15) is 4.79 Å². The molecular weight excluding hydrogens is 224 g/mol. The van der Waals surface area contributed by atoms with Crippen molar-refractivity contribution in [3.05, 3.63) is 35.9 Å². The Balaban J connectivity index is 2.06. The van der Waals surface area contributed by atoms with E-state index in [1.807, 2.05) is 37.4 Å². The third-order valence-electron chi connectivity index (χ3n) is 3.64. The fourth-order valence-corrected chi connectivity index (χ4v) is 2.63. The standard InChI is InChI=1S/C15H22N2O/c1-16-11-10-14-9-5-6-12-17(14)15(18)13-7-3-2-4-8-13/h2-4,7-8,14,16H,5-6,9-12H2,1H3. The van der Waals surface area contributed by atoms with E-state index in [1.165, 1.54) is 6.42 Å². The normalized spacial score (nSPS) is 19.8. The van der Waals surface area contributed by atoms with Gasteiger partial charge in [-0.2, -0.15) is 0 Å². The van der Waals surface area contributed by atoms with Crippen molar-refractivity contribution in [3.8, 4) is 0 Å². The number of nitrogens with one attached hydrogen (secondary N) is 1. The number of carbonyl (C=O) groups excluding carboxylic acids is 1. The lowest BCUT2D eigenvalue weighted by Crippen LogP contribution is -2.44. The van der Waals surface area contributed by atoms with Crippen molar-refractivity contribution in [2.45, 2.75) is 31.7 Å². The summed E-state index contributed by atoms with van der Waals surface area (Å²) in [4.78, 5) is 14.5. The monoisotopic (exact) mass is 246 g/mol. The SMILES string of the molecule is CNCCC1CCCCN1C(=O)c1ccccc1. The van der Waals surface area contributed by atoms with Crippen LogP contribution in [-0.4, -0.2) is 37.0 Å². The Labute approximate surface area is 109 Å². The van der Waals surface area contributed by atoms with Crippen LogP contribution in [0.4, 0.5) is 0 Å². The molecule has 1 atom stereocenters. The van der Waals surface area contributed by atoms with Crippen LogP contribution in [0.25, 0.3) is 0 Å². The van der Waals surface area contributed by atoms with Gasteiger partial charge in [-0.15, -0.1) is 0 Å². The van der Waals surface area contributed by atoms with E-state index < -0.39 is 0 Å². The number of rotatable bonds is 4. The minimum Gasteiger partial charge on any atom is -0.336 e. The molecule has 18 heavy (non-hydrogen) atoms. The highest BCUT2D eigenvalue weighted by molar-refractivity contribution is 5.94. The lowest BCUT2D eigenvalue weighted by atomic mass is 9.98. The highest BCUT2D eigenvalue weighted by Gasteiger charge is 2.26. The summed E-state index contributed by atoms with van der Waals surface area (Å²) in [5.74, 6) is 0.191. The van der Waals surface area contributed by atoms with Crippen LogP contribution in [0.3, 0.4) is 0 Å². The zero-order valence-electron chi connectivity index (χ0n) is 11.1. The first kappa shape index (κ1) is 13.1. The number of amides is 1. The van der Waals surface area contributed by atoms with E-state index in [-0.39, 0.29) is 5.91 Å². The summed E-state index contributed by atoms with van der Waals surface area (Å²) >= 11 is 0. The Kier molecular flexibility index (Phi) is 4.76. The molecule has 0 bridgehead atoms. The molecule has 0 spiro atoms. The van der Waals surface area contributed by atoms with E-state index in [1.54, 1.807) is 0 Å². The minimum atomic E-state index is 0.191. The molecule has 1 aromatic rings. The van der Waals surface area contributed by atoms with E-state index in [0.29, 0.717) is 6.04 Å². The summed E-state index contributed by atoms with van der Waals surface area (Å²) in [7, 11) is 1.96. The molecule has 0 radical (unpaired) electrons. The Morgan fingerprint density at radius 2 is 2.11 bits per heavy atom. The van der Waals surface area contributed by atoms with Gasteiger partial charge in [0.25, 0.3) is 5.91 Å². The van der Waals surface area contributed by atoms with Gasteiger partial charge in [0.05, 0.1) is 0 Å². The van der Waals surface area contributed by atoms with Crippen LogP contribution in [0.15, 0.2) is 30.3 Å². The molecule has 3 nitrogen and oxygen atoms in total. The molecule has 2 rings (SSSR count). The van der Waals surface area contributed by atoms with Gasteiger partial charge in [0.2, 0.25) is 0 Å². The van der Waals surface area contributed by atoms with Crippen molar-refractivity contribution < 1.29 is 4.79 Å². The highest BCUT2D eigenvalue weighted by Crippen LogP contribution is 2.21. The highest BCUT2D eigenvalue weighted by atomic mass is 16.2. The zero-order chi connectivity index (χ0) is 12.8. The van der Waals surface area contributed by atoms with Gasteiger partial charge in [-0.25, -0.2) is 0 Å². The molecule has 0 aromatic heterocycles. The number of nitrogens with zero attached hydrogens (tertiary/aromatic N) is 1. The van der Waals surface area contributed by atoms with Gasteiger partial charge in [-0.1, -0.05) is 18.2 Å². The second kappa shape index (κ2) is 6.55. The number of likely N-dealkylation sites (tertiary alicyclic amines) is 1. The van der Waals surface area contributed by atoms with Gasteiger partial charge in [0.15, 0.2) is 0 Å². The van der Waals surface area contributed by atoms with E-state index in [2.05, 4.69) is 10.2 Å². The summed E-state index contributed by atoms with van der Waals surface area (Å²) < 4.78 is 0. The second-order valence-electron chi connectivity index (χ2n) is 4.91. The molecular formula is C15H22N2O. The van der Waals surface area contributed by atoms with E-state index in [0.717, 1.165) is 37.9 Å². The van der Waals surface area contributed by atoms with Crippen LogP contribution in [-0.2, 0) is 0 Å². The van der Waals surface area contributed by atoms with Crippen molar-refractivity contribution in [1.29, 1.82) is 0 Å². The van der Waals surface area contributed by atoms with Gasteiger partial charge in [0.1, 0.15) is 0 Å². The van der Waals surface area contributed by atoms with Crippen LogP contribution in [0.2, 0.25) is 0 Å². The maximum atomic E-state index is 12.5. The lowest BCUT2D eigenvalue weighted by molar-refractivity contribution is 0.0602. The lowest BCUT2D eigenvalue weighted by Gasteiger charge is -2.36. The number of carbonyl (C=O) groups is 1. The van der Waals surface area contributed by atoms with Gasteiger partial charge >= 0.3 is 0 Å². The van der Waals surface area contributed by atoms with Crippen molar-refractivity contribution in [1.82, 2.24) is 10.2 Å². The van der Waals surface area contributed by atoms with Crippen molar-refractivity contribution in [3.63, 3.8) is 0 Å². The fraction of sp³-hybridized carbons (Fsp3) is 0.533. The molecule has 3 heteroatoms. The molecule has 1 saturated heterocycles. The predicted octanol–water partition coefficient (Wildman–Crippen LogP) is 2.29. The first-order valence-electron chi connectivity index (χ1n) is 6.83. The average Bonchev–Trinajstić information content (AvgIpc) is 2.45. The number of benzene rings is 1. The summed E-state index contributed by atoms with van der Waals surface area (Å²) in [6.45, 7) is 1.88. The van der Waals surface area contributed by atoms with E-state index in [4.69, 9.17) is 0 Å². The molecule has 1 N–H and O–H groups in total. The zero-order valence-corrected chi connectivity index (χ0v) is 11.1. The third-order valence-corrected chi connectivity index (χ3v) is 3.64. The molecule has 98 valence electrons. The molecule has 1 unspecified atom stereocenters. The molecule has 1 aromatic carbocycles. The maximum Gasteiger partial charge on any atom is 0.254 e. The molecule has 1 heterocycles. The summed E-state index contributed by atoms with van der Waals surface area (Å²) in [5, 5.41) is 3.18. The van der Waals surface area contributed by atoms with Gasteiger partial charge in [-0.05, 0) is 51.4 Å². The summed E-state index contributed by atoms with van der Waals surface area (Å²) in [5.41, 5.74) is 0.814. The van der Waals surface area contributed by atoms with Crippen LogP contribution in [0.5, 0.6) is 0 Å². The quantitative estimate of drug-likeness (QED) is 0.884. The summed E-state index contributed by atoms with van der Waals surface area (Å²) in [6, 6.07) is 10.0. The van der Waals surface area contributed by atoms with Crippen molar-refractivity contribution in [2.75, 3.05) is 20.1 Å². The Hall–Kier alpha value is -1.35. The Morgan fingerprint density at radius 3 is 2.83 bits per heavy atom. The molecule has 0 aliphatic carbocycles. The average molecular weight is 246 g/mol. The van der Waals surface area contributed by atoms with Crippen LogP contribution in [0, 0.1) is 0 Å². The van der Waals surface area contributed by atoms with Crippen LogP contribution < -0.4 is 5.32 Å². The minimum absolute atomic E-state index is 0.191. The van der Waals surface area contributed by atoms with Crippen molar-refractivity contribution >= 4 is 5.91 Å². The van der Waals surface area contributed by atoms with Crippen molar-refractivity contribution in [2.24, 2.45) is 0 Å². The molecule has 1 aliphatic rings.